The molecule has 0 saturated heterocycles. The number of aromatic nitrogens is 2. The monoisotopic (exact) mass is 261 g/mol. The van der Waals surface area contributed by atoms with Crippen molar-refractivity contribution in [3.05, 3.63) is 29.6 Å². The van der Waals surface area contributed by atoms with E-state index in [9.17, 15) is 0 Å². The molecule has 0 atom stereocenters. The molecule has 0 spiro atoms. The largest absolute Gasteiger partial charge is 0.328 e. The lowest BCUT2D eigenvalue weighted by Gasteiger charge is -2.07. The lowest BCUT2D eigenvalue weighted by atomic mass is 10.2. The summed E-state index contributed by atoms with van der Waals surface area (Å²) in [5, 5.41) is 9.12. The topological polar surface area (TPSA) is 41.6 Å². The normalized spacial score (nSPS) is 10.7. The van der Waals surface area contributed by atoms with Crippen molar-refractivity contribution in [2.24, 2.45) is 0 Å². The van der Waals surface area contributed by atoms with Gasteiger partial charge in [-0.05, 0) is 18.6 Å². The van der Waals surface area contributed by atoms with E-state index >= 15 is 0 Å². The van der Waals surface area contributed by atoms with E-state index in [0.717, 1.165) is 42.7 Å². The van der Waals surface area contributed by atoms with Crippen LogP contribution < -0.4 is 0 Å². The van der Waals surface area contributed by atoms with Crippen LogP contribution in [-0.2, 0) is 13.0 Å². The second-order valence-corrected chi connectivity index (χ2v) is 4.64. The molecule has 3 nitrogen and oxygen atoms in total. The van der Waals surface area contributed by atoms with Gasteiger partial charge in [-0.1, -0.05) is 19.4 Å². The van der Waals surface area contributed by atoms with E-state index in [4.69, 9.17) is 16.9 Å². The van der Waals surface area contributed by atoms with Crippen molar-refractivity contribution in [1.82, 2.24) is 9.55 Å². The standard InChI is InChI=1S/C14H16ClN3/c1-2-3-9-18-12-6-4-5-11(10-16)14(12)17-13(18)7-8-15/h4-6H,2-3,7-9H2,1H3. The van der Waals surface area contributed by atoms with Crippen molar-refractivity contribution in [2.45, 2.75) is 32.7 Å². The smallest absolute Gasteiger partial charge is 0.111 e. The van der Waals surface area contributed by atoms with E-state index in [1.165, 1.54) is 0 Å². The second-order valence-electron chi connectivity index (χ2n) is 4.26. The fraction of sp³-hybridized carbons (Fsp3) is 0.429. The SMILES string of the molecule is CCCCn1c(CCCl)nc2c(C#N)cccc21. The molecule has 2 aromatic rings. The van der Waals surface area contributed by atoms with E-state index in [1.54, 1.807) is 0 Å². The number of fused-ring (bicyclic) bond motifs is 1. The molecule has 0 saturated carbocycles. The van der Waals surface area contributed by atoms with E-state index in [0.29, 0.717) is 11.4 Å². The maximum Gasteiger partial charge on any atom is 0.111 e. The minimum absolute atomic E-state index is 0.553. The van der Waals surface area contributed by atoms with Crippen molar-refractivity contribution in [3.63, 3.8) is 0 Å². The summed E-state index contributed by atoms with van der Waals surface area (Å²) in [6, 6.07) is 7.95. The number of para-hydroxylation sites is 1. The van der Waals surface area contributed by atoms with E-state index in [1.807, 2.05) is 18.2 Å². The number of nitrogens with zero attached hydrogens (tertiary/aromatic N) is 3. The van der Waals surface area contributed by atoms with Crippen LogP contribution >= 0.6 is 11.6 Å². The number of benzene rings is 1. The van der Waals surface area contributed by atoms with Crippen molar-refractivity contribution >= 4 is 22.6 Å². The molecule has 0 amide bonds. The van der Waals surface area contributed by atoms with Crippen LogP contribution in [0.2, 0.25) is 0 Å². The Kier molecular flexibility index (Phi) is 4.22. The van der Waals surface area contributed by atoms with Crippen LogP contribution in [0.4, 0.5) is 0 Å². The van der Waals surface area contributed by atoms with Crippen molar-refractivity contribution in [3.8, 4) is 6.07 Å². The molecule has 0 bridgehead atoms. The highest BCUT2D eigenvalue weighted by Crippen LogP contribution is 2.21. The molecule has 0 aliphatic heterocycles. The zero-order valence-electron chi connectivity index (χ0n) is 10.5. The first-order valence-electron chi connectivity index (χ1n) is 6.26. The number of halogens is 1. The Morgan fingerprint density at radius 1 is 1.44 bits per heavy atom. The van der Waals surface area contributed by atoms with Gasteiger partial charge in [0.25, 0.3) is 0 Å². The lowest BCUT2D eigenvalue weighted by molar-refractivity contribution is 0.620. The summed E-state index contributed by atoms with van der Waals surface area (Å²) in [5.74, 6) is 1.54. The Balaban J connectivity index is 2.56. The Morgan fingerprint density at radius 2 is 2.28 bits per heavy atom. The van der Waals surface area contributed by atoms with Crippen molar-refractivity contribution in [2.75, 3.05) is 5.88 Å². The number of rotatable bonds is 5. The molecule has 4 heteroatoms. The quantitative estimate of drug-likeness (QED) is 0.773. The zero-order chi connectivity index (χ0) is 13.0. The predicted octanol–water partition coefficient (Wildman–Crippen LogP) is 3.49. The van der Waals surface area contributed by atoms with Crippen molar-refractivity contribution < 1.29 is 0 Å². The average Bonchev–Trinajstić information content (AvgIpc) is 2.74. The predicted molar refractivity (Wildman–Crippen MR) is 73.8 cm³/mol. The number of hydrogen-bond acceptors (Lipinski definition) is 2. The van der Waals surface area contributed by atoms with Gasteiger partial charge in [0.2, 0.25) is 0 Å². The molecule has 0 radical (unpaired) electrons. The third-order valence-corrected chi connectivity index (χ3v) is 3.22. The molecular formula is C14H16ClN3. The third-order valence-electron chi connectivity index (χ3n) is 3.03. The maximum atomic E-state index is 9.12. The van der Waals surface area contributed by atoms with Crippen LogP contribution in [0.25, 0.3) is 11.0 Å². The maximum absolute atomic E-state index is 9.12. The van der Waals surface area contributed by atoms with E-state index in [-0.39, 0.29) is 0 Å². The Morgan fingerprint density at radius 3 is 2.94 bits per heavy atom. The molecular weight excluding hydrogens is 246 g/mol. The summed E-state index contributed by atoms with van der Waals surface area (Å²) in [4.78, 5) is 4.58. The molecule has 0 N–H and O–H groups in total. The van der Waals surface area contributed by atoms with Gasteiger partial charge in [0.1, 0.15) is 17.4 Å². The molecule has 0 aliphatic carbocycles. The molecule has 0 fully saturated rings. The minimum Gasteiger partial charge on any atom is -0.328 e. The van der Waals surface area contributed by atoms with E-state index < -0.39 is 0 Å². The fourth-order valence-corrected chi connectivity index (χ4v) is 2.30. The average molecular weight is 262 g/mol. The van der Waals surface area contributed by atoms with Crippen LogP contribution in [0.15, 0.2) is 18.2 Å². The molecule has 1 aromatic carbocycles. The Labute approximate surface area is 112 Å². The highest BCUT2D eigenvalue weighted by Gasteiger charge is 2.12. The van der Waals surface area contributed by atoms with Gasteiger partial charge < -0.3 is 4.57 Å². The van der Waals surface area contributed by atoms with Crippen LogP contribution in [0.3, 0.4) is 0 Å². The van der Waals surface area contributed by atoms with Crippen LogP contribution in [0.1, 0.15) is 31.2 Å². The zero-order valence-corrected chi connectivity index (χ0v) is 11.2. The second kappa shape index (κ2) is 5.88. The van der Waals surface area contributed by atoms with Gasteiger partial charge >= 0.3 is 0 Å². The summed E-state index contributed by atoms with van der Waals surface area (Å²) in [5.41, 5.74) is 2.48. The summed E-state index contributed by atoms with van der Waals surface area (Å²) in [7, 11) is 0. The van der Waals surface area contributed by atoms with Gasteiger partial charge in [0, 0.05) is 18.8 Å². The fourth-order valence-electron chi connectivity index (χ4n) is 2.13. The first-order chi connectivity index (χ1) is 8.81. The van der Waals surface area contributed by atoms with Gasteiger partial charge in [-0.25, -0.2) is 4.98 Å². The highest BCUT2D eigenvalue weighted by molar-refractivity contribution is 6.17. The Hall–Kier alpha value is -1.53. The number of hydrogen-bond donors (Lipinski definition) is 0. The van der Waals surface area contributed by atoms with Crippen molar-refractivity contribution in [1.29, 1.82) is 5.26 Å². The molecule has 0 aliphatic rings. The number of nitriles is 1. The molecule has 1 aromatic heterocycles. The summed E-state index contributed by atoms with van der Waals surface area (Å²) < 4.78 is 2.20. The number of alkyl halides is 1. The molecule has 1 heterocycles. The molecule has 0 unspecified atom stereocenters. The van der Waals surface area contributed by atoms with Crippen LogP contribution in [-0.4, -0.2) is 15.4 Å². The number of imidazole rings is 1. The summed E-state index contributed by atoms with van der Waals surface area (Å²) >= 11 is 5.82. The number of aryl methyl sites for hydroxylation is 2. The molecule has 94 valence electrons. The van der Waals surface area contributed by atoms with Crippen LogP contribution in [0, 0.1) is 11.3 Å². The van der Waals surface area contributed by atoms with Gasteiger partial charge in [-0.2, -0.15) is 5.26 Å². The van der Waals surface area contributed by atoms with Crippen LogP contribution in [0.5, 0.6) is 0 Å². The van der Waals surface area contributed by atoms with E-state index in [2.05, 4.69) is 22.5 Å². The minimum atomic E-state index is 0.553. The molecule has 18 heavy (non-hydrogen) atoms. The highest BCUT2D eigenvalue weighted by atomic mass is 35.5. The third kappa shape index (κ3) is 2.34. The van der Waals surface area contributed by atoms with Gasteiger partial charge in [0.05, 0.1) is 11.1 Å². The lowest BCUT2D eigenvalue weighted by Crippen LogP contribution is -2.04. The number of unbranched alkanes of at least 4 members (excludes halogenated alkanes) is 1. The van der Waals surface area contributed by atoms with Gasteiger partial charge in [-0.3, -0.25) is 0 Å². The first kappa shape index (κ1) is 12.9. The van der Waals surface area contributed by atoms with Gasteiger partial charge in [-0.15, -0.1) is 11.6 Å². The Bertz CT molecular complexity index is 580. The summed E-state index contributed by atoms with van der Waals surface area (Å²) in [6.07, 6.45) is 2.99. The molecule has 2 rings (SSSR count). The summed E-state index contributed by atoms with van der Waals surface area (Å²) in [6.45, 7) is 3.11. The first-order valence-corrected chi connectivity index (χ1v) is 6.79. The van der Waals surface area contributed by atoms with Gasteiger partial charge in [0.15, 0.2) is 0 Å².